The highest BCUT2D eigenvalue weighted by Crippen LogP contribution is 2.16. The molecule has 3 aromatic rings. The van der Waals surface area contributed by atoms with Crippen LogP contribution in [0.1, 0.15) is 37.7 Å². The minimum atomic E-state index is -0.145. The Morgan fingerprint density at radius 3 is 1.80 bits per heavy atom. The summed E-state index contributed by atoms with van der Waals surface area (Å²) in [6.07, 6.45) is 0. The first-order valence-corrected chi connectivity index (χ1v) is 10.1. The molecule has 0 radical (unpaired) electrons. The van der Waals surface area contributed by atoms with Crippen molar-refractivity contribution in [3.8, 4) is 5.69 Å². The molecule has 1 aliphatic rings. The molecule has 1 saturated heterocycles. The quantitative estimate of drug-likeness (QED) is 0.674. The van der Waals surface area contributed by atoms with Gasteiger partial charge in [-0.05, 0) is 45.0 Å². The van der Waals surface area contributed by atoms with Gasteiger partial charge in [-0.25, -0.2) is 4.68 Å². The van der Waals surface area contributed by atoms with Crippen LogP contribution in [-0.4, -0.2) is 62.8 Å². The Balaban J connectivity index is 1.43. The van der Waals surface area contributed by atoms with Gasteiger partial charge in [0, 0.05) is 31.7 Å². The van der Waals surface area contributed by atoms with E-state index in [0.717, 1.165) is 16.8 Å². The second-order valence-corrected chi connectivity index (χ2v) is 7.72. The lowest BCUT2D eigenvalue weighted by molar-refractivity contribution is 0.0531. The summed E-state index contributed by atoms with van der Waals surface area (Å²) in [4.78, 5) is 29.2. The number of hydrogen-bond acceptors (Lipinski definition) is 4. The molecule has 0 bridgehead atoms. The van der Waals surface area contributed by atoms with Gasteiger partial charge in [0.15, 0.2) is 5.69 Å². The molecule has 0 N–H and O–H groups in total. The van der Waals surface area contributed by atoms with Crippen molar-refractivity contribution in [2.75, 3.05) is 26.2 Å². The number of rotatable bonds is 3. The van der Waals surface area contributed by atoms with Gasteiger partial charge in [0.1, 0.15) is 0 Å². The van der Waals surface area contributed by atoms with Gasteiger partial charge in [-0.1, -0.05) is 40.6 Å². The number of piperazine rings is 1. The van der Waals surface area contributed by atoms with Crippen molar-refractivity contribution in [1.29, 1.82) is 0 Å². The van der Waals surface area contributed by atoms with E-state index in [1.165, 1.54) is 0 Å². The Morgan fingerprint density at radius 2 is 1.23 bits per heavy atom. The van der Waals surface area contributed by atoms with E-state index in [4.69, 9.17) is 0 Å². The van der Waals surface area contributed by atoms with Crippen molar-refractivity contribution < 1.29 is 9.59 Å². The predicted molar refractivity (Wildman–Crippen MR) is 114 cm³/mol. The van der Waals surface area contributed by atoms with E-state index in [0.29, 0.717) is 43.1 Å². The fraction of sp³-hybridized carbons (Fsp3) is 0.304. The van der Waals surface area contributed by atoms with E-state index in [2.05, 4.69) is 10.3 Å². The van der Waals surface area contributed by atoms with E-state index < -0.39 is 0 Å². The standard InChI is InChI=1S/C23H25N5O2/c1-16-4-8-19(9-5-16)22(29)26-12-14-27(15-13-26)23(30)21-18(3)28(25-24-21)20-10-6-17(2)7-11-20/h4-11H,12-15H2,1-3H3. The van der Waals surface area contributed by atoms with Crippen LogP contribution in [0.15, 0.2) is 48.5 Å². The smallest absolute Gasteiger partial charge is 0.276 e. The van der Waals surface area contributed by atoms with Gasteiger partial charge in [-0.15, -0.1) is 5.10 Å². The SMILES string of the molecule is Cc1ccc(C(=O)N2CCN(C(=O)c3nnn(-c4ccc(C)cc4)c3C)CC2)cc1. The number of carbonyl (C=O) groups excluding carboxylic acids is 2. The van der Waals surface area contributed by atoms with Crippen LogP contribution in [0, 0.1) is 20.8 Å². The molecule has 4 rings (SSSR count). The highest BCUT2D eigenvalue weighted by atomic mass is 16.2. The average molecular weight is 403 g/mol. The number of nitrogens with zero attached hydrogens (tertiary/aromatic N) is 5. The number of benzene rings is 2. The summed E-state index contributed by atoms with van der Waals surface area (Å²) in [5, 5.41) is 8.32. The van der Waals surface area contributed by atoms with Crippen molar-refractivity contribution in [2.45, 2.75) is 20.8 Å². The van der Waals surface area contributed by atoms with Crippen LogP contribution >= 0.6 is 0 Å². The Hall–Kier alpha value is -3.48. The van der Waals surface area contributed by atoms with E-state index in [1.807, 2.05) is 69.3 Å². The molecule has 1 aliphatic heterocycles. The molecule has 0 atom stereocenters. The van der Waals surface area contributed by atoms with Crippen LogP contribution in [-0.2, 0) is 0 Å². The third kappa shape index (κ3) is 3.83. The van der Waals surface area contributed by atoms with Gasteiger partial charge in [-0.3, -0.25) is 9.59 Å². The fourth-order valence-corrected chi connectivity index (χ4v) is 3.60. The topological polar surface area (TPSA) is 71.3 Å². The van der Waals surface area contributed by atoms with Gasteiger partial charge < -0.3 is 9.80 Å². The van der Waals surface area contributed by atoms with Gasteiger partial charge >= 0.3 is 0 Å². The second kappa shape index (κ2) is 8.10. The van der Waals surface area contributed by atoms with E-state index in [9.17, 15) is 9.59 Å². The van der Waals surface area contributed by atoms with Crippen molar-refractivity contribution in [3.63, 3.8) is 0 Å². The predicted octanol–water partition coefficient (Wildman–Crippen LogP) is 2.79. The van der Waals surface area contributed by atoms with Crippen molar-refractivity contribution in [3.05, 3.63) is 76.6 Å². The third-order valence-corrected chi connectivity index (χ3v) is 5.53. The van der Waals surface area contributed by atoms with E-state index >= 15 is 0 Å². The summed E-state index contributed by atoms with van der Waals surface area (Å²) in [5.41, 5.74) is 4.90. The molecule has 0 saturated carbocycles. The number of aromatic nitrogens is 3. The summed E-state index contributed by atoms with van der Waals surface area (Å²) >= 11 is 0. The monoisotopic (exact) mass is 403 g/mol. The van der Waals surface area contributed by atoms with E-state index in [1.54, 1.807) is 14.5 Å². The highest BCUT2D eigenvalue weighted by Gasteiger charge is 2.28. The highest BCUT2D eigenvalue weighted by molar-refractivity contribution is 5.95. The first kappa shape index (κ1) is 19.8. The first-order valence-electron chi connectivity index (χ1n) is 10.1. The van der Waals surface area contributed by atoms with Gasteiger partial charge in [-0.2, -0.15) is 0 Å². The Labute approximate surface area is 175 Å². The second-order valence-electron chi connectivity index (χ2n) is 7.72. The maximum absolute atomic E-state index is 13.0. The molecule has 1 fully saturated rings. The van der Waals surface area contributed by atoms with Crippen molar-refractivity contribution >= 4 is 11.8 Å². The first-order chi connectivity index (χ1) is 14.4. The molecular weight excluding hydrogens is 378 g/mol. The van der Waals surface area contributed by atoms with Crippen LogP contribution in [0.3, 0.4) is 0 Å². The summed E-state index contributed by atoms with van der Waals surface area (Å²) in [7, 11) is 0. The molecule has 2 heterocycles. The van der Waals surface area contributed by atoms with Gasteiger partial charge in [0.25, 0.3) is 11.8 Å². The lowest BCUT2D eigenvalue weighted by Gasteiger charge is -2.34. The molecule has 154 valence electrons. The average Bonchev–Trinajstić information content (AvgIpc) is 3.15. The van der Waals surface area contributed by atoms with Crippen LogP contribution in [0.25, 0.3) is 5.69 Å². The Bertz CT molecular complexity index is 1060. The van der Waals surface area contributed by atoms with Crippen molar-refractivity contribution in [1.82, 2.24) is 24.8 Å². The molecule has 2 aromatic carbocycles. The minimum Gasteiger partial charge on any atom is -0.335 e. The third-order valence-electron chi connectivity index (χ3n) is 5.53. The molecule has 7 nitrogen and oxygen atoms in total. The van der Waals surface area contributed by atoms with Gasteiger partial charge in [0.05, 0.1) is 11.4 Å². The van der Waals surface area contributed by atoms with Crippen LogP contribution < -0.4 is 0 Å². The molecule has 1 aromatic heterocycles. The molecular formula is C23H25N5O2. The summed E-state index contributed by atoms with van der Waals surface area (Å²) in [6.45, 7) is 7.84. The summed E-state index contributed by atoms with van der Waals surface area (Å²) in [5.74, 6) is -0.142. The molecule has 0 aliphatic carbocycles. The number of aryl methyl sites for hydroxylation is 2. The van der Waals surface area contributed by atoms with Crippen LogP contribution in [0.2, 0.25) is 0 Å². The number of amides is 2. The maximum Gasteiger partial charge on any atom is 0.276 e. The van der Waals surface area contributed by atoms with Crippen molar-refractivity contribution in [2.24, 2.45) is 0 Å². The van der Waals surface area contributed by atoms with Crippen LogP contribution in [0.5, 0.6) is 0 Å². The molecule has 0 unspecified atom stereocenters. The lowest BCUT2D eigenvalue weighted by Crippen LogP contribution is -2.50. The Morgan fingerprint density at radius 1 is 0.733 bits per heavy atom. The van der Waals surface area contributed by atoms with Crippen LogP contribution in [0.4, 0.5) is 0 Å². The molecule has 30 heavy (non-hydrogen) atoms. The summed E-state index contributed by atoms with van der Waals surface area (Å²) in [6, 6.07) is 15.5. The van der Waals surface area contributed by atoms with Gasteiger partial charge in [0.2, 0.25) is 0 Å². The zero-order chi connectivity index (χ0) is 21.3. The Kier molecular flexibility index (Phi) is 5.35. The number of hydrogen-bond donors (Lipinski definition) is 0. The molecule has 7 heteroatoms. The molecule has 0 spiro atoms. The fourth-order valence-electron chi connectivity index (χ4n) is 3.60. The zero-order valence-electron chi connectivity index (χ0n) is 17.5. The summed E-state index contributed by atoms with van der Waals surface area (Å²) < 4.78 is 1.68. The normalized spacial score (nSPS) is 14.1. The maximum atomic E-state index is 13.0. The number of carbonyl (C=O) groups is 2. The molecule has 2 amide bonds. The van der Waals surface area contributed by atoms with E-state index in [-0.39, 0.29) is 11.8 Å². The largest absolute Gasteiger partial charge is 0.335 e. The lowest BCUT2D eigenvalue weighted by atomic mass is 10.1. The zero-order valence-corrected chi connectivity index (χ0v) is 17.5. The minimum absolute atomic E-state index is 0.00333.